The van der Waals surface area contributed by atoms with Gasteiger partial charge >= 0.3 is 5.97 Å². The van der Waals surface area contributed by atoms with Crippen LogP contribution in [0, 0.1) is 16.7 Å². The molecule has 0 amide bonds. The molecule has 6 heteroatoms. The summed E-state index contributed by atoms with van der Waals surface area (Å²) in [5, 5.41) is 21.1. The topological polar surface area (TPSA) is 86.0 Å². The summed E-state index contributed by atoms with van der Waals surface area (Å²) in [4.78, 5) is 15.1. The summed E-state index contributed by atoms with van der Waals surface area (Å²) in [6.07, 6.45) is 1.93. The quantitative estimate of drug-likeness (QED) is 0.856. The first-order valence-corrected chi connectivity index (χ1v) is 5.84. The normalized spacial score (nSPS) is 13.4. The number of carboxylic acid groups (broad SMARTS) is 1. The van der Waals surface area contributed by atoms with Gasteiger partial charge in [-0.05, 0) is 19.4 Å². The van der Waals surface area contributed by atoms with Crippen LogP contribution in [0.4, 0.5) is 5.82 Å². The van der Waals surface area contributed by atoms with E-state index < -0.39 is 11.4 Å². The lowest BCUT2D eigenvalue weighted by Crippen LogP contribution is -2.34. The van der Waals surface area contributed by atoms with Gasteiger partial charge in [0.15, 0.2) is 0 Å². The molecule has 0 bridgehead atoms. The molecule has 0 spiro atoms. The molecule has 0 fully saturated rings. The number of carbonyl (C=O) groups is 1. The summed E-state index contributed by atoms with van der Waals surface area (Å²) in [7, 11) is 0. The Kier molecular flexibility index (Phi) is 4.51. The Hall–Kier alpha value is -1.80. The Morgan fingerprint density at radius 2 is 2.39 bits per heavy atom. The summed E-state index contributed by atoms with van der Waals surface area (Å²) in [5.74, 6) is -0.554. The van der Waals surface area contributed by atoms with Gasteiger partial charge in [0.25, 0.3) is 0 Å². The molecule has 0 aliphatic rings. The Bertz CT molecular complexity index is 499. The number of rotatable bonds is 5. The van der Waals surface area contributed by atoms with E-state index in [0.29, 0.717) is 17.8 Å². The minimum atomic E-state index is -0.895. The van der Waals surface area contributed by atoms with Gasteiger partial charge in [-0.2, -0.15) is 5.26 Å². The monoisotopic (exact) mass is 267 g/mol. The van der Waals surface area contributed by atoms with Crippen LogP contribution in [0.2, 0.25) is 5.02 Å². The fraction of sp³-hybridized carbons (Fsp3) is 0.417. The summed E-state index contributed by atoms with van der Waals surface area (Å²) in [5.41, 5.74) is -0.587. The van der Waals surface area contributed by atoms with Crippen LogP contribution in [0.5, 0.6) is 0 Å². The van der Waals surface area contributed by atoms with Crippen molar-refractivity contribution in [1.29, 1.82) is 5.26 Å². The lowest BCUT2D eigenvalue weighted by Gasteiger charge is -2.23. The van der Waals surface area contributed by atoms with Gasteiger partial charge in [0.05, 0.1) is 11.0 Å². The van der Waals surface area contributed by atoms with E-state index in [1.54, 1.807) is 13.8 Å². The van der Waals surface area contributed by atoms with E-state index in [-0.39, 0.29) is 11.6 Å². The first-order chi connectivity index (χ1) is 8.44. The first-order valence-electron chi connectivity index (χ1n) is 5.46. The van der Waals surface area contributed by atoms with Crippen molar-refractivity contribution >= 4 is 23.4 Å². The van der Waals surface area contributed by atoms with Crippen LogP contribution >= 0.6 is 11.6 Å². The highest BCUT2D eigenvalue weighted by Crippen LogP contribution is 2.26. The summed E-state index contributed by atoms with van der Waals surface area (Å²) in [6, 6.07) is 3.44. The number of hydrogen-bond donors (Lipinski definition) is 2. The molecule has 96 valence electrons. The molecule has 0 radical (unpaired) electrons. The van der Waals surface area contributed by atoms with Gasteiger partial charge in [-0.3, -0.25) is 4.79 Å². The molecule has 2 N–H and O–H groups in total. The Balaban J connectivity index is 2.88. The lowest BCUT2D eigenvalue weighted by molar-refractivity contribution is -0.147. The third-order valence-corrected chi connectivity index (χ3v) is 3.33. The molecule has 1 unspecified atom stereocenters. The summed E-state index contributed by atoms with van der Waals surface area (Å²) < 4.78 is 0. The number of nitrogens with one attached hydrogen (secondary N) is 1. The average molecular weight is 268 g/mol. The van der Waals surface area contributed by atoms with Gasteiger partial charge in [-0.1, -0.05) is 18.5 Å². The predicted octanol–water partition coefficient (Wildman–Crippen LogP) is 2.52. The number of nitriles is 1. The van der Waals surface area contributed by atoms with Crippen LogP contribution in [0.1, 0.15) is 25.8 Å². The number of aromatic nitrogens is 1. The lowest BCUT2D eigenvalue weighted by atomic mass is 9.88. The van der Waals surface area contributed by atoms with Crippen LogP contribution in [0.25, 0.3) is 0 Å². The van der Waals surface area contributed by atoms with E-state index in [0.717, 1.165) is 0 Å². The van der Waals surface area contributed by atoms with E-state index in [2.05, 4.69) is 10.3 Å². The predicted molar refractivity (Wildman–Crippen MR) is 68.5 cm³/mol. The van der Waals surface area contributed by atoms with Crippen molar-refractivity contribution in [2.24, 2.45) is 5.41 Å². The number of hydrogen-bond acceptors (Lipinski definition) is 4. The van der Waals surface area contributed by atoms with Crippen molar-refractivity contribution in [3.8, 4) is 6.07 Å². The van der Waals surface area contributed by atoms with Gasteiger partial charge in [0.1, 0.15) is 16.9 Å². The van der Waals surface area contributed by atoms with Gasteiger partial charge < -0.3 is 10.4 Å². The van der Waals surface area contributed by atoms with E-state index in [4.69, 9.17) is 22.0 Å². The summed E-state index contributed by atoms with van der Waals surface area (Å²) in [6.45, 7) is 3.64. The van der Waals surface area contributed by atoms with Crippen LogP contribution in [-0.2, 0) is 4.79 Å². The van der Waals surface area contributed by atoms with Crippen molar-refractivity contribution in [3.05, 3.63) is 22.8 Å². The largest absolute Gasteiger partial charge is 0.481 e. The van der Waals surface area contributed by atoms with Gasteiger partial charge in [-0.15, -0.1) is 0 Å². The maximum Gasteiger partial charge on any atom is 0.311 e. The number of nitrogens with zero attached hydrogens (tertiary/aromatic N) is 2. The van der Waals surface area contributed by atoms with Gasteiger partial charge in [0.2, 0.25) is 0 Å². The molecule has 0 aliphatic carbocycles. The second-order valence-corrected chi connectivity index (χ2v) is 4.58. The molecular weight excluding hydrogens is 254 g/mol. The second-order valence-electron chi connectivity index (χ2n) is 4.21. The Morgan fingerprint density at radius 1 is 1.72 bits per heavy atom. The third-order valence-electron chi connectivity index (χ3n) is 2.95. The number of carboxylic acids is 1. The summed E-state index contributed by atoms with van der Waals surface area (Å²) >= 11 is 5.97. The fourth-order valence-corrected chi connectivity index (χ4v) is 1.50. The zero-order valence-corrected chi connectivity index (χ0v) is 11.0. The van der Waals surface area contributed by atoms with Crippen molar-refractivity contribution in [2.75, 3.05) is 11.9 Å². The van der Waals surface area contributed by atoms with Crippen molar-refractivity contribution in [3.63, 3.8) is 0 Å². The molecule has 1 atom stereocenters. The van der Waals surface area contributed by atoms with E-state index in [1.165, 1.54) is 12.3 Å². The Morgan fingerprint density at radius 3 is 2.89 bits per heavy atom. The van der Waals surface area contributed by atoms with Crippen molar-refractivity contribution in [1.82, 2.24) is 4.98 Å². The standard InChI is InChI=1S/C12H14ClN3O2/c1-3-12(2,11(17)18)7-16-10-9(13)8(6-14)4-5-15-10/h4-5H,3,7H2,1-2H3,(H,15,16)(H,17,18). The number of pyridine rings is 1. The molecule has 1 aromatic heterocycles. The average Bonchev–Trinajstić information content (AvgIpc) is 2.37. The molecule has 1 heterocycles. The minimum absolute atomic E-state index is 0.195. The number of anilines is 1. The van der Waals surface area contributed by atoms with Gasteiger partial charge in [0, 0.05) is 12.7 Å². The van der Waals surface area contributed by atoms with Crippen LogP contribution in [0.15, 0.2) is 12.3 Å². The van der Waals surface area contributed by atoms with Crippen molar-refractivity contribution in [2.45, 2.75) is 20.3 Å². The first kappa shape index (κ1) is 14.3. The molecule has 1 aromatic rings. The van der Waals surface area contributed by atoms with E-state index in [1.807, 2.05) is 6.07 Å². The molecule has 5 nitrogen and oxygen atoms in total. The molecule has 0 aliphatic heterocycles. The molecule has 0 saturated heterocycles. The smallest absolute Gasteiger partial charge is 0.311 e. The molecule has 1 rings (SSSR count). The highest BCUT2D eigenvalue weighted by atomic mass is 35.5. The zero-order valence-electron chi connectivity index (χ0n) is 10.2. The molecule has 0 saturated carbocycles. The number of halogens is 1. The minimum Gasteiger partial charge on any atom is -0.481 e. The zero-order chi connectivity index (χ0) is 13.8. The molecule has 18 heavy (non-hydrogen) atoms. The maximum absolute atomic E-state index is 11.1. The van der Waals surface area contributed by atoms with Crippen LogP contribution in [-0.4, -0.2) is 22.6 Å². The van der Waals surface area contributed by atoms with Crippen LogP contribution in [0.3, 0.4) is 0 Å². The highest BCUT2D eigenvalue weighted by Gasteiger charge is 2.31. The fourth-order valence-electron chi connectivity index (χ4n) is 1.28. The number of aliphatic carboxylic acids is 1. The van der Waals surface area contributed by atoms with Gasteiger partial charge in [-0.25, -0.2) is 4.98 Å². The highest BCUT2D eigenvalue weighted by molar-refractivity contribution is 6.34. The van der Waals surface area contributed by atoms with E-state index >= 15 is 0 Å². The van der Waals surface area contributed by atoms with Crippen LogP contribution < -0.4 is 5.32 Å². The van der Waals surface area contributed by atoms with Crippen molar-refractivity contribution < 1.29 is 9.90 Å². The maximum atomic E-state index is 11.1. The Labute approximate surface area is 110 Å². The molecule has 0 aromatic carbocycles. The second kappa shape index (κ2) is 5.69. The third kappa shape index (κ3) is 2.90. The SMILES string of the molecule is CCC(C)(CNc1nccc(C#N)c1Cl)C(=O)O. The van der Waals surface area contributed by atoms with E-state index in [9.17, 15) is 4.79 Å². The molecular formula is C12H14ClN3O2.